The molecule has 3 heteroatoms. The van der Waals surface area contributed by atoms with Crippen LogP contribution in [0.2, 0.25) is 0 Å². The highest BCUT2D eigenvalue weighted by molar-refractivity contribution is 4.92. The minimum absolute atomic E-state index is 0.142. The first-order valence-corrected chi connectivity index (χ1v) is 11.5. The summed E-state index contributed by atoms with van der Waals surface area (Å²) in [4.78, 5) is 0. The summed E-state index contributed by atoms with van der Waals surface area (Å²) < 4.78 is 0. The third-order valence-electron chi connectivity index (χ3n) is 6.78. The number of hydrogen-bond acceptors (Lipinski definition) is 3. The summed E-state index contributed by atoms with van der Waals surface area (Å²) in [6.07, 6.45) is 12.6. The Morgan fingerprint density at radius 2 is 1.48 bits per heavy atom. The van der Waals surface area contributed by atoms with Gasteiger partial charge in [-0.05, 0) is 83.5 Å². The average molecular weight is 385 g/mol. The van der Waals surface area contributed by atoms with Crippen LogP contribution in [0.1, 0.15) is 119 Å². The molecule has 1 saturated carbocycles. The normalized spacial score (nSPS) is 25.8. The topological polar surface area (TPSA) is 60.7 Å². The third kappa shape index (κ3) is 9.76. The molecule has 0 bridgehead atoms. The van der Waals surface area contributed by atoms with Gasteiger partial charge in [0.25, 0.3) is 0 Å². The van der Waals surface area contributed by atoms with E-state index in [-0.39, 0.29) is 11.5 Å². The molecule has 1 fully saturated rings. The van der Waals surface area contributed by atoms with E-state index in [0.29, 0.717) is 11.8 Å². The molecule has 0 radical (unpaired) electrons. The lowest BCUT2D eigenvalue weighted by Gasteiger charge is -2.46. The van der Waals surface area contributed by atoms with Crippen LogP contribution in [0.25, 0.3) is 0 Å². The second-order valence-electron chi connectivity index (χ2n) is 11.0. The smallest absolute Gasteiger partial charge is 0.0591 e. The predicted molar refractivity (Wildman–Crippen MR) is 115 cm³/mol. The van der Waals surface area contributed by atoms with Gasteiger partial charge in [-0.3, -0.25) is 0 Å². The van der Waals surface area contributed by atoms with Crippen LogP contribution >= 0.6 is 0 Å². The maximum absolute atomic E-state index is 10.3. The molecule has 0 aromatic heterocycles. The van der Waals surface area contributed by atoms with Crippen LogP contribution in [0.5, 0.6) is 0 Å². The lowest BCUT2D eigenvalue weighted by molar-refractivity contribution is -0.0118. The summed E-state index contributed by atoms with van der Waals surface area (Å²) in [6, 6.07) is 0. The van der Waals surface area contributed by atoms with E-state index in [1.54, 1.807) is 0 Å². The minimum atomic E-state index is -0.594. The van der Waals surface area contributed by atoms with E-state index in [0.717, 1.165) is 57.8 Å². The van der Waals surface area contributed by atoms with Crippen molar-refractivity contribution in [3.05, 3.63) is 0 Å². The highest BCUT2D eigenvalue weighted by atomic mass is 16.3. The fraction of sp³-hybridized carbons (Fsp3) is 1.00. The molecular formula is C24H48O3. The van der Waals surface area contributed by atoms with Crippen LogP contribution in [0.15, 0.2) is 0 Å². The van der Waals surface area contributed by atoms with Gasteiger partial charge in [-0.15, -0.1) is 0 Å². The van der Waals surface area contributed by atoms with Gasteiger partial charge >= 0.3 is 0 Å². The van der Waals surface area contributed by atoms with Crippen LogP contribution in [-0.4, -0.2) is 32.6 Å². The van der Waals surface area contributed by atoms with Gasteiger partial charge in [0, 0.05) is 0 Å². The Hall–Kier alpha value is -0.120. The summed E-state index contributed by atoms with van der Waals surface area (Å²) in [5.74, 6) is 1.24. The molecule has 1 aliphatic rings. The van der Waals surface area contributed by atoms with Gasteiger partial charge in [0.05, 0.1) is 17.3 Å². The summed E-state index contributed by atoms with van der Waals surface area (Å²) in [7, 11) is 0. The average Bonchev–Trinajstić information content (AvgIpc) is 2.48. The molecule has 0 spiro atoms. The summed E-state index contributed by atoms with van der Waals surface area (Å²) in [6.45, 7) is 12.3. The first-order chi connectivity index (χ1) is 12.4. The second kappa shape index (κ2) is 10.6. The van der Waals surface area contributed by atoms with Crippen molar-refractivity contribution in [2.45, 2.75) is 136 Å². The molecule has 0 aromatic carbocycles. The van der Waals surface area contributed by atoms with Crippen molar-refractivity contribution in [3.8, 4) is 0 Å². The number of aliphatic hydroxyl groups excluding tert-OH is 1. The lowest BCUT2D eigenvalue weighted by Crippen LogP contribution is -2.39. The van der Waals surface area contributed by atoms with E-state index < -0.39 is 11.2 Å². The molecule has 1 aliphatic carbocycles. The fourth-order valence-electron chi connectivity index (χ4n) is 5.43. The quantitative estimate of drug-likeness (QED) is 0.396. The Bertz CT molecular complexity index is 387. The third-order valence-corrected chi connectivity index (χ3v) is 6.78. The Labute approximate surface area is 169 Å². The van der Waals surface area contributed by atoms with Crippen molar-refractivity contribution in [2.75, 3.05) is 0 Å². The zero-order valence-corrected chi connectivity index (χ0v) is 19.1. The maximum atomic E-state index is 10.3. The van der Waals surface area contributed by atoms with E-state index in [1.165, 1.54) is 19.3 Å². The molecule has 0 heterocycles. The van der Waals surface area contributed by atoms with Crippen LogP contribution < -0.4 is 0 Å². The van der Waals surface area contributed by atoms with Gasteiger partial charge in [0.1, 0.15) is 0 Å². The Morgan fingerprint density at radius 3 is 1.89 bits per heavy atom. The minimum Gasteiger partial charge on any atom is -0.393 e. The van der Waals surface area contributed by atoms with Crippen molar-refractivity contribution >= 4 is 0 Å². The van der Waals surface area contributed by atoms with Crippen LogP contribution in [0, 0.1) is 17.3 Å². The van der Waals surface area contributed by atoms with Crippen LogP contribution in [0.3, 0.4) is 0 Å². The van der Waals surface area contributed by atoms with E-state index in [4.69, 9.17) is 0 Å². The zero-order valence-electron chi connectivity index (χ0n) is 19.1. The SMILES string of the molecule is CCCC(C(CCCC(C)(C)O)CCCC(C)(C)O)C1(C)CCCC(O)C1. The van der Waals surface area contributed by atoms with Gasteiger partial charge in [0.2, 0.25) is 0 Å². The van der Waals surface area contributed by atoms with E-state index in [1.807, 2.05) is 27.7 Å². The largest absolute Gasteiger partial charge is 0.393 e. The predicted octanol–water partition coefficient (Wildman–Crippen LogP) is 5.84. The van der Waals surface area contributed by atoms with E-state index in [9.17, 15) is 15.3 Å². The van der Waals surface area contributed by atoms with E-state index in [2.05, 4.69) is 13.8 Å². The molecule has 3 N–H and O–H groups in total. The molecule has 0 saturated heterocycles. The monoisotopic (exact) mass is 384 g/mol. The zero-order chi connectivity index (χ0) is 20.7. The van der Waals surface area contributed by atoms with Crippen molar-refractivity contribution in [2.24, 2.45) is 17.3 Å². The first kappa shape index (κ1) is 24.9. The van der Waals surface area contributed by atoms with Crippen molar-refractivity contribution in [3.63, 3.8) is 0 Å². The maximum Gasteiger partial charge on any atom is 0.0591 e. The molecular weight excluding hydrogens is 336 g/mol. The van der Waals surface area contributed by atoms with Crippen LogP contribution in [-0.2, 0) is 0 Å². The molecule has 0 aliphatic heterocycles. The molecule has 1 rings (SSSR count). The van der Waals surface area contributed by atoms with Gasteiger partial charge in [-0.25, -0.2) is 0 Å². The second-order valence-corrected chi connectivity index (χ2v) is 11.0. The summed E-state index contributed by atoms with van der Waals surface area (Å²) in [5.41, 5.74) is -0.965. The Balaban J connectivity index is 2.87. The highest BCUT2D eigenvalue weighted by Gasteiger charge is 2.41. The van der Waals surface area contributed by atoms with Crippen molar-refractivity contribution in [1.29, 1.82) is 0 Å². The molecule has 0 aromatic rings. The summed E-state index contributed by atoms with van der Waals surface area (Å²) in [5, 5.41) is 30.6. The van der Waals surface area contributed by atoms with Crippen molar-refractivity contribution < 1.29 is 15.3 Å². The number of hydrogen-bond donors (Lipinski definition) is 3. The van der Waals surface area contributed by atoms with Crippen molar-refractivity contribution in [1.82, 2.24) is 0 Å². The number of aliphatic hydroxyl groups is 3. The molecule has 27 heavy (non-hydrogen) atoms. The van der Waals surface area contributed by atoms with Gasteiger partial charge in [-0.2, -0.15) is 0 Å². The van der Waals surface area contributed by atoms with Gasteiger partial charge in [0.15, 0.2) is 0 Å². The molecule has 3 atom stereocenters. The fourth-order valence-corrected chi connectivity index (χ4v) is 5.43. The standard InChI is InChI=1S/C24H48O3/c1-7-11-21(24(6)17-10-14-20(25)18-24)19(12-8-15-22(2,3)26)13-9-16-23(4,5)27/h19-21,25-27H,7-18H2,1-6H3. The van der Waals surface area contributed by atoms with Gasteiger partial charge in [-0.1, -0.05) is 52.4 Å². The lowest BCUT2D eigenvalue weighted by atomic mass is 9.59. The van der Waals surface area contributed by atoms with Gasteiger partial charge < -0.3 is 15.3 Å². The molecule has 3 unspecified atom stereocenters. The Kier molecular flexibility index (Phi) is 9.78. The summed E-state index contributed by atoms with van der Waals surface area (Å²) >= 11 is 0. The molecule has 0 amide bonds. The first-order valence-electron chi connectivity index (χ1n) is 11.5. The van der Waals surface area contributed by atoms with Crippen LogP contribution in [0.4, 0.5) is 0 Å². The van der Waals surface area contributed by atoms with E-state index >= 15 is 0 Å². The Morgan fingerprint density at radius 1 is 0.963 bits per heavy atom. The molecule has 3 nitrogen and oxygen atoms in total. The number of rotatable bonds is 12. The highest BCUT2D eigenvalue weighted by Crippen LogP contribution is 2.49. The molecule has 162 valence electrons.